The molecule has 3 aromatic heterocycles. The van der Waals surface area contributed by atoms with E-state index in [4.69, 9.17) is 0 Å². The SMILES string of the molecule is Cc1cc(C)cc(-c2[nH]c3sc(C(C)(C)C=O)cc3c2CN2CCC(c3ccncc3)CC2)c1. The van der Waals surface area contributed by atoms with Crippen molar-refractivity contribution in [1.82, 2.24) is 14.9 Å². The number of hydrogen-bond donors (Lipinski definition) is 1. The van der Waals surface area contributed by atoms with Crippen LogP contribution in [0.1, 0.15) is 59.7 Å². The standard InChI is InChI=1S/C29H33N3OS/c1-19-13-20(2)15-23(14-19)27-25(24-16-26(29(3,4)18-33)34-28(24)31-27)17-32-11-7-22(8-12-32)21-5-9-30-10-6-21/h5-6,9-10,13-16,18,22,31H,7-8,11-12,17H2,1-4H3. The molecule has 4 nitrogen and oxygen atoms in total. The number of pyridine rings is 1. The number of aromatic amines is 1. The molecule has 176 valence electrons. The number of H-pyrrole nitrogens is 1. The minimum atomic E-state index is -0.467. The van der Waals surface area contributed by atoms with Crippen LogP contribution in [0.4, 0.5) is 0 Å². The minimum Gasteiger partial charge on any atom is -0.346 e. The quantitative estimate of drug-likeness (QED) is 0.316. The van der Waals surface area contributed by atoms with Crippen LogP contribution in [0.5, 0.6) is 0 Å². The molecule has 1 saturated heterocycles. The number of aromatic nitrogens is 2. The van der Waals surface area contributed by atoms with Crippen LogP contribution in [-0.2, 0) is 16.8 Å². The lowest BCUT2D eigenvalue weighted by Gasteiger charge is -2.32. The summed E-state index contributed by atoms with van der Waals surface area (Å²) in [4.78, 5) is 24.5. The lowest BCUT2D eigenvalue weighted by molar-refractivity contribution is -0.111. The van der Waals surface area contributed by atoms with Crippen LogP contribution in [0, 0.1) is 13.8 Å². The number of aryl methyl sites for hydroxylation is 2. The van der Waals surface area contributed by atoms with Gasteiger partial charge in [-0.2, -0.15) is 0 Å². The Morgan fingerprint density at radius 2 is 1.76 bits per heavy atom. The van der Waals surface area contributed by atoms with Gasteiger partial charge in [-0.25, -0.2) is 0 Å². The number of rotatable bonds is 6. The summed E-state index contributed by atoms with van der Waals surface area (Å²) >= 11 is 1.72. The lowest BCUT2D eigenvalue weighted by atomic mass is 9.89. The zero-order valence-electron chi connectivity index (χ0n) is 20.5. The molecule has 1 aromatic carbocycles. The molecule has 5 rings (SSSR count). The topological polar surface area (TPSA) is 49.0 Å². The summed E-state index contributed by atoms with van der Waals surface area (Å²) in [5.74, 6) is 0.616. The number of hydrogen-bond acceptors (Lipinski definition) is 4. The van der Waals surface area contributed by atoms with E-state index >= 15 is 0 Å². The van der Waals surface area contributed by atoms with Gasteiger partial charge in [0.25, 0.3) is 0 Å². The van der Waals surface area contributed by atoms with Crippen molar-refractivity contribution < 1.29 is 4.79 Å². The second kappa shape index (κ2) is 9.12. The third-order valence-corrected chi connectivity index (χ3v) is 8.57. The van der Waals surface area contributed by atoms with Gasteiger partial charge in [0, 0.05) is 34.8 Å². The summed E-state index contributed by atoms with van der Waals surface area (Å²) in [5, 5.41) is 1.26. The van der Waals surface area contributed by atoms with E-state index in [0.29, 0.717) is 5.92 Å². The average Bonchev–Trinajstić information content (AvgIpc) is 3.39. The molecule has 1 aliphatic rings. The molecular weight excluding hydrogens is 438 g/mol. The van der Waals surface area contributed by atoms with E-state index in [-0.39, 0.29) is 0 Å². The largest absolute Gasteiger partial charge is 0.346 e. The van der Waals surface area contributed by atoms with Crippen molar-refractivity contribution in [3.8, 4) is 11.3 Å². The maximum Gasteiger partial charge on any atom is 0.130 e. The first-order valence-corrected chi connectivity index (χ1v) is 13.0. The van der Waals surface area contributed by atoms with Gasteiger partial charge < -0.3 is 9.78 Å². The van der Waals surface area contributed by atoms with E-state index in [1.165, 1.54) is 56.6 Å². The molecular formula is C29H33N3OS. The summed E-state index contributed by atoms with van der Waals surface area (Å²) in [6, 6.07) is 13.3. The zero-order chi connectivity index (χ0) is 23.9. The van der Waals surface area contributed by atoms with Crippen molar-refractivity contribution in [3.05, 3.63) is 75.9 Å². The number of aldehydes is 1. The highest BCUT2D eigenvalue weighted by atomic mass is 32.1. The monoisotopic (exact) mass is 471 g/mol. The number of likely N-dealkylation sites (tertiary alicyclic amines) is 1. The number of piperidine rings is 1. The van der Waals surface area contributed by atoms with Crippen LogP contribution in [0.15, 0.2) is 48.8 Å². The van der Waals surface area contributed by atoms with Crippen LogP contribution < -0.4 is 0 Å². The number of thiophene rings is 1. The Morgan fingerprint density at radius 3 is 2.41 bits per heavy atom. The molecule has 34 heavy (non-hydrogen) atoms. The first-order chi connectivity index (χ1) is 16.3. The molecule has 0 bridgehead atoms. The van der Waals surface area contributed by atoms with Gasteiger partial charge in [-0.15, -0.1) is 11.3 Å². The number of nitrogens with one attached hydrogen (secondary N) is 1. The van der Waals surface area contributed by atoms with Gasteiger partial charge in [-0.1, -0.05) is 17.2 Å². The fourth-order valence-electron chi connectivity index (χ4n) is 5.22. The molecule has 0 radical (unpaired) electrons. The van der Waals surface area contributed by atoms with Crippen molar-refractivity contribution in [2.75, 3.05) is 13.1 Å². The van der Waals surface area contributed by atoms with Gasteiger partial charge in [-0.3, -0.25) is 9.88 Å². The first-order valence-electron chi connectivity index (χ1n) is 12.2. The number of carbonyl (C=O) groups excluding carboxylic acids is 1. The highest BCUT2D eigenvalue weighted by molar-refractivity contribution is 7.19. The Hall–Kier alpha value is -2.76. The summed E-state index contributed by atoms with van der Waals surface area (Å²) in [6.45, 7) is 11.4. The Bertz CT molecular complexity index is 1290. The highest BCUT2D eigenvalue weighted by Gasteiger charge is 2.27. The van der Waals surface area contributed by atoms with Crippen LogP contribution in [0.2, 0.25) is 0 Å². The molecule has 1 fully saturated rings. The first kappa shape index (κ1) is 23.0. The van der Waals surface area contributed by atoms with E-state index < -0.39 is 5.41 Å². The number of carbonyl (C=O) groups is 1. The molecule has 5 heteroatoms. The van der Waals surface area contributed by atoms with Crippen molar-refractivity contribution >= 4 is 27.8 Å². The number of benzene rings is 1. The molecule has 1 N–H and O–H groups in total. The van der Waals surface area contributed by atoms with E-state index in [0.717, 1.165) is 30.8 Å². The molecule has 4 heterocycles. The maximum absolute atomic E-state index is 11.7. The summed E-state index contributed by atoms with van der Waals surface area (Å²) in [6.07, 6.45) is 7.21. The molecule has 0 unspecified atom stereocenters. The van der Waals surface area contributed by atoms with E-state index in [1.807, 2.05) is 26.2 Å². The summed E-state index contributed by atoms with van der Waals surface area (Å²) in [7, 11) is 0. The average molecular weight is 472 g/mol. The molecule has 0 aliphatic carbocycles. The normalized spacial score (nSPS) is 15.8. The third-order valence-electron chi connectivity index (χ3n) is 7.18. The van der Waals surface area contributed by atoms with Gasteiger partial charge >= 0.3 is 0 Å². The predicted octanol–water partition coefficient (Wildman–Crippen LogP) is 6.76. The highest BCUT2D eigenvalue weighted by Crippen LogP contribution is 2.40. The Balaban J connectivity index is 1.48. The fourth-order valence-corrected chi connectivity index (χ4v) is 6.37. The van der Waals surface area contributed by atoms with Crippen LogP contribution in [0.25, 0.3) is 21.5 Å². The molecule has 1 aliphatic heterocycles. The zero-order valence-corrected chi connectivity index (χ0v) is 21.3. The van der Waals surface area contributed by atoms with Crippen molar-refractivity contribution in [2.45, 2.75) is 58.4 Å². The third kappa shape index (κ3) is 4.47. The van der Waals surface area contributed by atoms with Gasteiger partial charge in [0.1, 0.15) is 11.1 Å². The van der Waals surface area contributed by atoms with Gasteiger partial charge in [0.05, 0.1) is 11.1 Å². The molecule has 0 spiro atoms. The molecule has 0 atom stereocenters. The Labute approximate surface area is 206 Å². The second-order valence-electron chi connectivity index (χ2n) is 10.4. The second-order valence-corrected chi connectivity index (χ2v) is 11.4. The summed E-state index contributed by atoms with van der Waals surface area (Å²) < 4.78 is 0. The maximum atomic E-state index is 11.7. The Morgan fingerprint density at radius 1 is 1.09 bits per heavy atom. The van der Waals surface area contributed by atoms with Gasteiger partial charge in [0.2, 0.25) is 0 Å². The summed E-state index contributed by atoms with van der Waals surface area (Å²) in [5.41, 5.74) is 7.32. The van der Waals surface area contributed by atoms with Crippen LogP contribution in [0.3, 0.4) is 0 Å². The van der Waals surface area contributed by atoms with E-state index in [1.54, 1.807) is 11.3 Å². The van der Waals surface area contributed by atoms with Crippen molar-refractivity contribution in [3.63, 3.8) is 0 Å². The Kier molecular flexibility index (Phi) is 6.17. The lowest BCUT2D eigenvalue weighted by Crippen LogP contribution is -2.32. The van der Waals surface area contributed by atoms with Crippen LogP contribution >= 0.6 is 11.3 Å². The number of fused-ring (bicyclic) bond motifs is 1. The molecule has 0 saturated carbocycles. The molecule has 4 aromatic rings. The van der Waals surface area contributed by atoms with Crippen molar-refractivity contribution in [2.24, 2.45) is 0 Å². The van der Waals surface area contributed by atoms with Gasteiger partial charge in [0.15, 0.2) is 0 Å². The molecule has 0 amide bonds. The van der Waals surface area contributed by atoms with Crippen LogP contribution in [-0.4, -0.2) is 34.2 Å². The number of nitrogens with zero attached hydrogens (tertiary/aromatic N) is 2. The smallest absolute Gasteiger partial charge is 0.130 e. The van der Waals surface area contributed by atoms with Gasteiger partial charge in [-0.05, 0) is 101 Å². The predicted molar refractivity (Wildman–Crippen MR) is 142 cm³/mol. The van der Waals surface area contributed by atoms with E-state index in [9.17, 15) is 4.79 Å². The van der Waals surface area contributed by atoms with Crippen molar-refractivity contribution in [1.29, 1.82) is 0 Å². The fraction of sp³-hybridized carbons (Fsp3) is 0.379. The van der Waals surface area contributed by atoms with E-state index in [2.05, 4.69) is 65.1 Å². The minimum absolute atomic E-state index is 0.467.